The second-order valence-electron chi connectivity index (χ2n) is 6.62. The number of aromatic nitrogens is 3. The fourth-order valence-corrected chi connectivity index (χ4v) is 2.66. The minimum Gasteiger partial charge on any atom is -0.481 e. The molecule has 0 spiro atoms. The van der Waals surface area contributed by atoms with Crippen molar-refractivity contribution in [2.45, 2.75) is 34.1 Å². The van der Waals surface area contributed by atoms with E-state index in [1.54, 1.807) is 16.8 Å². The first kappa shape index (κ1) is 18.6. The maximum absolute atomic E-state index is 12.2. The molecule has 1 atom stereocenters. The summed E-state index contributed by atoms with van der Waals surface area (Å²) in [6, 6.07) is 5.33. The van der Waals surface area contributed by atoms with E-state index in [1.807, 2.05) is 33.8 Å². The number of nitrogens with zero attached hydrogens (tertiary/aromatic N) is 3. The van der Waals surface area contributed by atoms with Gasteiger partial charge in [-0.2, -0.15) is 5.10 Å². The Bertz CT molecular complexity index is 750. The predicted octanol–water partition coefficient (Wildman–Crippen LogP) is 2.36. The van der Waals surface area contributed by atoms with Gasteiger partial charge in [-0.25, -0.2) is 9.67 Å². The van der Waals surface area contributed by atoms with Crippen molar-refractivity contribution in [3.8, 4) is 5.82 Å². The molecule has 2 aromatic rings. The highest BCUT2D eigenvalue weighted by atomic mass is 16.4. The summed E-state index contributed by atoms with van der Waals surface area (Å²) in [6.07, 6.45) is 1.99. The van der Waals surface area contributed by atoms with E-state index in [2.05, 4.69) is 15.4 Å². The molecule has 0 fully saturated rings. The van der Waals surface area contributed by atoms with Crippen LogP contribution in [-0.4, -0.2) is 38.3 Å². The summed E-state index contributed by atoms with van der Waals surface area (Å²) in [7, 11) is 0. The van der Waals surface area contributed by atoms with Gasteiger partial charge in [0.25, 0.3) is 5.91 Å². The number of rotatable bonds is 7. The summed E-state index contributed by atoms with van der Waals surface area (Å²) in [4.78, 5) is 27.7. The van der Waals surface area contributed by atoms with Gasteiger partial charge in [0, 0.05) is 18.4 Å². The number of hydrogen-bond acceptors (Lipinski definition) is 4. The molecule has 0 aliphatic rings. The van der Waals surface area contributed by atoms with Gasteiger partial charge in [0.1, 0.15) is 0 Å². The minimum atomic E-state index is -0.896. The van der Waals surface area contributed by atoms with Crippen molar-refractivity contribution in [3.05, 3.63) is 41.3 Å². The summed E-state index contributed by atoms with van der Waals surface area (Å²) in [6.45, 7) is 7.86. The fourth-order valence-electron chi connectivity index (χ4n) is 2.66. The molecule has 0 aliphatic carbocycles. The van der Waals surface area contributed by atoms with Gasteiger partial charge >= 0.3 is 5.97 Å². The van der Waals surface area contributed by atoms with Gasteiger partial charge < -0.3 is 10.4 Å². The SMILES string of the molecule is Cc1cc(C)n(-c2ccc(C(=O)NCC(CC(C)C)C(=O)O)cn2)n1. The van der Waals surface area contributed by atoms with Crippen LogP contribution in [0.5, 0.6) is 0 Å². The number of aliphatic carboxylic acids is 1. The summed E-state index contributed by atoms with van der Waals surface area (Å²) in [5.41, 5.74) is 2.24. The highest BCUT2D eigenvalue weighted by molar-refractivity contribution is 5.94. The van der Waals surface area contributed by atoms with E-state index >= 15 is 0 Å². The lowest BCUT2D eigenvalue weighted by molar-refractivity contribution is -0.142. The minimum absolute atomic E-state index is 0.103. The second kappa shape index (κ2) is 7.92. The maximum atomic E-state index is 12.2. The number of carbonyl (C=O) groups is 2. The molecule has 0 saturated carbocycles. The Morgan fingerprint density at radius 1 is 1.28 bits per heavy atom. The molecular weight excluding hydrogens is 320 g/mol. The van der Waals surface area contributed by atoms with Crippen LogP contribution in [-0.2, 0) is 4.79 Å². The van der Waals surface area contributed by atoms with Crippen LogP contribution in [0.2, 0.25) is 0 Å². The number of nitrogens with one attached hydrogen (secondary N) is 1. The van der Waals surface area contributed by atoms with Crippen molar-refractivity contribution >= 4 is 11.9 Å². The number of carboxylic acid groups (broad SMARTS) is 1. The molecule has 2 heterocycles. The lowest BCUT2D eigenvalue weighted by atomic mass is 9.97. The normalized spacial score (nSPS) is 12.2. The first-order valence-electron chi connectivity index (χ1n) is 8.28. The van der Waals surface area contributed by atoms with Crippen LogP contribution in [0.15, 0.2) is 24.4 Å². The quantitative estimate of drug-likeness (QED) is 0.803. The Hall–Kier alpha value is -2.70. The van der Waals surface area contributed by atoms with Gasteiger partial charge in [0.15, 0.2) is 5.82 Å². The first-order valence-corrected chi connectivity index (χ1v) is 8.28. The number of aryl methyl sites for hydroxylation is 2. The third kappa shape index (κ3) is 4.89. The molecule has 1 amide bonds. The summed E-state index contributed by atoms with van der Waals surface area (Å²) >= 11 is 0. The monoisotopic (exact) mass is 344 g/mol. The zero-order valence-corrected chi connectivity index (χ0v) is 15.0. The van der Waals surface area contributed by atoms with Crippen LogP contribution >= 0.6 is 0 Å². The third-order valence-corrected chi connectivity index (χ3v) is 3.85. The Morgan fingerprint density at radius 2 is 2.00 bits per heavy atom. The van der Waals surface area contributed by atoms with Crippen LogP contribution in [0.1, 0.15) is 42.0 Å². The molecule has 0 radical (unpaired) electrons. The number of hydrogen-bond donors (Lipinski definition) is 2. The van der Waals surface area contributed by atoms with Crippen LogP contribution in [0.4, 0.5) is 0 Å². The molecule has 7 nitrogen and oxygen atoms in total. The molecule has 7 heteroatoms. The van der Waals surface area contributed by atoms with Gasteiger partial charge in [-0.1, -0.05) is 13.8 Å². The summed E-state index contributed by atoms with van der Waals surface area (Å²) in [5, 5.41) is 16.3. The van der Waals surface area contributed by atoms with E-state index in [-0.39, 0.29) is 18.4 Å². The number of carboxylic acids is 1. The molecular formula is C18H24N4O3. The van der Waals surface area contributed by atoms with Crippen LogP contribution < -0.4 is 5.32 Å². The Labute approximate surface area is 147 Å². The maximum Gasteiger partial charge on any atom is 0.308 e. The van der Waals surface area contributed by atoms with Crippen LogP contribution in [0.25, 0.3) is 5.82 Å². The van der Waals surface area contributed by atoms with Crippen LogP contribution in [0.3, 0.4) is 0 Å². The second-order valence-corrected chi connectivity index (χ2v) is 6.62. The van der Waals surface area contributed by atoms with E-state index < -0.39 is 11.9 Å². The highest BCUT2D eigenvalue weighted by Crippen LogP contribution is 2.12. The third-order valence-electron chi connectivity index (χ3n) is 3.85. The topological polar surface area (TPSA) is 97.1 Å². The Balaban J connectivity index is 2.03. The molecule has 0 aliphatic heterocycles. The first-order chi connectivity index (χ1) is 11.8. The van der Waals surface area contributed by atoms with Crippen molar-refractivity contribution in [1.82, 2.24) is 20.1 Å². The van der Waals surface area contributed by atoms with Gasteiger partial charge in [-0.05, 0) is 44.4 Å². The Morgan fingerprint density at radius 3 is 2.48 bits per heavy atom. The van der Waals surface area contributed by atoms with Gasteiger partial charge in [-0.3, -0.25) is 9.59 Å². The molecule has 2 N–H and O–H groups in total. The molecule has 0 bridgehead atoms. The molecule has 0 aromatic carbocycles. The largest absolute Gasteiger partial charge is 0.481 e. The number of pyridine rings is 1. The summed E-state index contributed by atoms with van der Waals surface area (Å²) < 4.78 is 1.71. The lowest BCUT2D eigenvalue weighted by Gasteiger charge is -2.15. The van der Waals surface area contributed by atoms with Crippen molar-refractivity contribution < 1.29 is 14.7 Å². The van der Waals surface area contributed by atoms with Gasteiger partial charge in [0.05, 0.1) is 17.2 Å². The van der Waals surface area contributed by atoms with E-state index in [0.29, 0.717) is 17.8 Å². The fraction of sp³-hybridized carbons (Fsp3) is 0.444. The van der Waals surface area contributed by atoms with E-state index in [0.717, 1.165) is 11.4 Å². The molecule has 2 rings (SSSR count). The molecule has 25 heavy (non-hydrogen) atoms. The van der Waals surface area contributed by atoms with Crippen molar-refractivity contribution in [3.63, 3.8) is 0 Å². The Kier molecular flexibility index (Phi) is 5.90. The van der Waals surface area contributed by atoms with Crippen molar-refractivity contribution in [2.75, 3.05) is 6.54 Å². The smallest absolute Gasteiger partial charge is 0.308 e. The van der Waals surface area contributed by atoms with Crippen molar-refractivity contribution in [1.29, 1.82) is 0 Å². The number of carbonyl (C=O) groups excluding carboxylic acids is 1. The number of amides is 1. The highest BCUT2D eigenvalue weighted by Gasteiger charge is 2.20. The summed E-state index contributed by atoms with van der Waals surface area (Å²) in [5.74, 6) is -0.939. The van der Waals surface area contributed by atoms with Gasteiger partial charge in [-0.15, -0.1) is 0 Å². The predicted molar refractivity (Wildman–Crippen MR) is 93.7 cm³/mol. The zero-order valence-electron chi connectivity index (χ0n) is 15.0. The van der Waals surface area contributed by atoms with E-state index in [4.69, 9.17) is 0 Å². The molecule has 2 aromatic heterocycles. The van der Waals surface area contributed by atoms with Crippen LogP contribution in [0, 0.1) is 25.7 Å². The van der Waals surface area contributed by atoms with Gasteiger partial charge in [0.2, 0.25) is 0 Å². The molecule has 134 valence electrons. The van der Waals surface area contributed by atoms with E-state index in [9.17, 15) is 14.7 Å². The lowest BCUT2D eigenvalue weighted by Crippen LogP contribution is -2.33. The van der Waals surface area contributed by atoms with Crippen molar-refractivity contribution in [2.24, 2.45) is 11.8 Å². The molecule has 1 unspecified atom stereocenters. The standard InChI is InChI=1S/C18H24N4O3/c1-11(2)7-15(18(24)25)10-20-17(23)14-5-6-16(19-9-14)22-13(4)8-12(3)21-22/h5-6,8-9,11,15H,7,10H2,1-4H3,(H,20,23)(H,24,25). The average molecular weight is 344 g/mol. The zero-order chi connectivity index (χ0) is 18.6. The van der Waals surface area contributed by atoms with E-state index in [1.165, 1.54) is 6.20 Å². The average Bonchev–Trinajstić information content (AvgIpc) is 2.89. The molecule has 0 saturated heterocycles.